The number of nitrogen functional groups attached to an aromatic ring is 1. The number of anilines is 1. The molecule has 0 fully saturated rings. The van der Waals surface area contributed by atoms with Gasteiger partial charge in [0.1, 0.15) is 5.75 Å². The normalized spacial score (nSPS) is 10.2. The molecule has 0 atom stereocenters. The number of hydrogen-bond acceptors (Lipinski definition) is 4. The highest BCUT2D eigenvalue weighted by Gasteiger charge is 2.03. The fraction of sp³-hybridized carbons (Fsp3) is 0.500. The highest BCUT2D eigenvalue weighted by atomic mass is 35.5. The Bertz CT molecular complexity index is 410. The van der Waals surface area contributed by atoms with Gasteiger partial charge in [-0.05, 0) is 38.3 Å². The monoisotopic (exact) mass is 285 g/mol. The van der Waals surface area contributed by atoms with Crippen LogP contribution in [0.2, 0.25) is 5.02 Å². The summed E-state index contributed by atoms with van der Waals surface area (Å²) in [6.45, 7) is 2.81. The Morgan fingerprint density at radius 1 is 1.32 bits per heavy atom. The summed E-state index contributed by atoms with van der Waals surface area (Å²) in [6, 6.07) is 5.16. The van der Waals surface area contributed by atoms with Crippen LogP contribution < -0.4 is 10.5 Å². The first kappa shape index (κ1) is 15.6. The van der Waals surface area contributed by atoms with Crippen molar-refractivity contribution in [2.75, 3.05) is 18.9 Å². The van der Waals surface area contributed by atoms with Gasteiger partial charge in [0, 0.05) is 18.2 Å². The maximum Gasteiger partial charge on any atom is 0.305 e. The van der Waals surface area contributed by atoms with Crippen molar-refractivity contribution >= 4 is 23.3 Å². The molecule has 0 aliphatic rings. The second-order valence-electron chi connectivity index (χ2n) is 4.15. The number of unbranched alkanes of at least 4 members (excludes halogenated alkanes) is 2. The topological polar surface area (TPSA) is 61.5 Å². The van der Waals surface area contributed by atoms with Crippen molar-refractivity contribution in [2.24, 2.45) is 0 Å². The number of carbonyl (C=O) groups is 1. The summed E-state index contributed by atoms with van der Waals surface area (Å²) in [7, 11) is 0. The lowest BCUT2D eigenvalue weighted by Gasteiger charge is -2.08. The van der Waals surface area contributed by atoms with Crippen LogP contribution in [-0.2, 0) is 9.53 Å². The van der Waals surface area contributed by atoms with Crippen molar-refractivity contribution in [3.63, 3.8) is 0 Å². The van der Waals surface area contributed by atoms with Gasteiger partial charge in [-0.2, -0.15) is 0 Å². The van der Waals surface area contributed by atoms with E-state index in [1.54, 1.807) is 25.1 Å². The van der Waals surface area contributed by atoms with Crippen LogP contribution >= 0.6 is 11.6 Å². The molecule has 4 nitrogen and oxygen atoms in total. The van der Waals surface area contributed by atoms with E-state index < -0.39 is 0 Å². The van der Waals surface area contributed by atoms with Gasteiger partial charge < -0.3 is 15.2 Å². The summed E-state index contributed by atoms with van der Waals surface area (Å²) in [6.07, 6.45) is 3.06. The lowest BCUT2D eigenvalue weighted by atomic mass is 10.2. The Hall–Kier alpha value is -1.42. The summed E-state index contributed by atoms with van der Waals surface area (Å²) >= 11 is 5.97. The zero-order chi connectivity index (χ0) is 14.1. The van der Waals surface area contributed by atoms with Crippen LogP contribution in [0.3, 0.4) is 0 Å². The van der Waals surface area contributed by atoms with Crippen LogP contribution in [0, 0.1) is 0 Å². The van der Waals surface area contributed by atoms with Crippen molar-refractivity contribution in [1.82, 2.24) is 0 Å². The highest BCUT2D eigenvalue weighted by Crippen LogP contribution is 2.26. The molecule has 5 heteroatoms. The first-order valence-corrected chi connectivity index (χ1v) is 6.84. The summed E-state index contributed by atoms with van der Waals surface area (Å²) < 4.78 is 10.4. The van der Waals surface area contributed by atoms with Crippen LogP contribution in [0.4, 0.5) is 5.69 Å². The molecule has 106 valence electrons. The Balaban J connectivity index is 2.14. The first-order chi connectivity index (χ1) is 9.13. The third-order valence-electron chi connectivity index (χ3n) is 2.54. The lowest BCUT2D eigenvalue weighted by molar-refractivity contribution is -0.143. The Morgan fingerprint density at radius 2 is 2.11 bits per heavy atom. The smallest absolute Gasteiger partial charge is 0.305 e. The van der Waals surface area contributed by atoms with Gasteiger partial charge >= 0.3 is 5.97 Å². The van der Waals surface area contributed by atoms with E-state index in [9.17, 15) is 4.79 Å². The van der Waals surface area contributed by atoms with Gasteiger partial charge in [0.05, 0.1) is 18.2 Å². The summed E-state index contributed by atoms with van der Waals surface area (Å²) in [5.41, 5.74) is 6.28. The van der Waals surface area contributed by atoms with E-state index in [1.807, 2.05) is 0 Å². The van der Waals surface area contributed by atoms with E-state index in [-0.39, 0.29) is 5.97 Å². The molecule has 0 bridgehead atoms. The second-order valence-corrected chi connectivity index (χ2v) is 4.56. The van der Waals surface area contributed by atoms with E-state index >= 15 is 0 Å². The number of benzene rings is 1. The van der Waals surface area contributed by atoms with Gasteiger partial charge in [-0.1, -0.05) is 11.6 Å². The van der Waals surface area contributed by atoms with Crippen molar-refractivity contribution in [3.05, 3.63) is 23.2 Å². The quantitative estimate of drug-likeness (QED) is 0.452. The van der Waals surface area contributed by atoms with Crippen LogP contribution in [0.5, 0.6) is 5.75 Å². The Kier molecular flexibility index (Phi) is 7.11. The zero-order valence-corrected chi connectivity index (χ0v) is 11.9. The molecule has 1 aromatic rings. The molecule has 0 saturated heterocycles. The SMILES string of the molecule is CCOC(=O)CCCCCOc1cc(N)ccc1Cl. The molecule has 0 spiro atoms. The van der Waals surface area contributed by atoms with Crippen molar-refractivity contribution in [3.8, 4) is 5.75 Å². The van der Waals surface area contributed by atoms with E-state index in [4.69, 9.17) is 26.8 Å². The standard InChI is InChI=1S/C14H20ClNO3/c1-2-18-14(17)6-4-3-5-9-19-13-10-11(16)7-8-12(13)15/h7-8,10H,2-6,9,16H2,1H3. The third kappa shape index (κ3) is 6.34. The minimum absolute atomic E-state index is 0.137. The van der Waals surface area contributed by atoms with Crippen LogP contribution in [0.15, 0.2) is 18.2 Å². The minimum Gasteiger partial charge on any atom is -0.492 e. The molecule has 0 saturated carbocycles. The average molecular weight is 286 g/mol. The number of hydrogen-bond donors (Lipinski definition) is 1. The summed E-state index contributed by atoms with van der Waals surface area (Å²) in [5.74, 6) is 0.467. The maximum absolute atomic E-state index is 11.1. The van der Waals surface area contributed by atoms with E-state index in [0.29, 0.717) is 36.1 Å². The fourth-order valence-corrected chi connectivity index (χ4v) is 1.77. The number of halogens is 1. The largest absolute Gasteiger partial charge is 0.492 e. The van der Waals surface area contributed by atoms with E-state index in [2.05, 4.69) is 0 Å². The van der Waals surface area contributed by atoms with Gasteiger partial charge in [-0.15, -0.1) is 0 Å². The molecule has 0 aliphatic carbocycles. The van der Waals surface area contributed by atoms with E-state index in [1.165, 1.54) is 0 Å². The van der Waals surface area contributed by atoms with Gasteiger partial charge in [0.2, 0.25) is 0 Å². The number of esters is 1. The molecule has 0 unspecified atom stereocenters. The minimum atomic E-state index is -0.137. The van der Waals surface area contributed by atoms with Crippen molar-refractivity contribution in [1.29, 1.82) is 0 Å². The van der Waals surface area contributed by atoms with Crippen molar-refractivity contribution < 1.29 is 14.3 Å². The number of ether oxygens (including phenoxy) is 2. The molecule has 0 radical (unpaired) electrons. The molecule has 0 amide bonds. The van der Waals surface area contributed by atoms with Crippen LogP contribution in [0.25, 0.3) is 0 Å². The third-order valence-corrected chi connectivity index (χ3v) is 2.86. The Morgan fingerprint density at radius 3 is 2.84 bits per heavy atom. The van der Waals surface area contributed by atoms with Gasteiger partial charge in [-0.3, -0.25) is 4.79 Å². The predicted molar refractivity (Wildman–Crippen MR) is 76.5 cm³/mol. The molecule has 2 N–H and O–H groups in total. The van der Waals surface area contributed by atoms with Crippen molar-refractivity contribution in [2.45, 2.75) is 32.6 Å². The summed E-state index contributed by atoms with van der Waals surface area (Å²) in [4.78, 5) is 11.1. The number of nitrogens with two attached hydrogens (primary N) is 1. The molecule has 0 aliphatic heterocycles. The van der Waals surface area contributed by atoms with Gasteiger partial charge in [-0.25, -0.2) is 0 Å². The lowest BCUT2D eigenvalue weighted by Crippen LogP contribution is -2.04. The second kappa shape index (κ2) is 8.64. The molecular weight excluding hydrogens is 266 g/mol. The zero-order valence-electron chi connectivity index (χ0n) is 11.2. The maximum atomic E-state index is 11.1. The number of carbonyl (C=O) groups excluding carboxylic acids is 1. The molecule has 1 rings (SSSR count). The molecule has 0 heterocycles. The first-order valence-electron chi connectivity index (χ1n) is 6.47. The molecule has 19 heavy (non-hydrogen) atoms. The van der Waals surface area contributed by atoms with E-state index in [0.717, 1.165) is 19.3 Å². The van der Waals surface area contributed by atoms with Crippen LogP contribution in [0.1, 0.15) is 32.6 Å². The molecule has 1 aromatic carbocycles. The molecule has 0 aromatic heterocycles. The molecular formula is C14H20ClNO3. The summed E-state index contributed by atoms with van der Waals surface area (Å²) in [5, 5.41) is 0.556. The van der Waals surface area contributed by atoms with Gasteiger partial charge in [0.25, 0.3) is 0 Å². The van der Waals surface area contributed by atoms with Gasteiger partial charge in [0.15, 0.2) is 0 Å². The number of rotatable bonds is 8. The van der Waals surface area contributed by atoms with Crippen LogP contribution in [-0.4, -0.2) is 19.2 Å². The highest BCUT2D eigenvalue weighted by molar-refractivity contribution is 6.32. The average Bonchev–Trinajstić information content (AvgIpc) is 2.38. The predicted octanol–water partition coefficient (Wildman–Crippen LogP) is 3.42. The fourth-order valence-electron chi connectivity index (χ4n) is 1.59. The Labute approximate surface area is 118 Å².